The molecule has 1 aliphatic heterocycles. The maximum Gasteiger partial charge on any atom is 0.410 e. The number of amides is 1. The van der Waals surface area contributed by atoms with E-state index in [0.29, 0.717) is 6.42 Å². The minimum Gasteiger partial charge on any atom is -0.444 e. The smallest absolute Gasteiger partial charge is 0.410 e. The SMILES string of the molecule is CC(C)(C)OC(=O)N1CCC[C@H]1CCC(O)C[Si](C)(c1ccccc1)c1ccccc1. The third-order valence-electron chi connectivity index (χ3n) is 6.30. The van der Waals surface area contributed by atoms with E-state index in [2.05, 4.69) is 55.1 Å². The van der Waals surface area contributed by atoms with Gasteiger partial charge in [0.15, 0.2) is 0 Å². The van der Waals surface area contributed by atoms with Gasteiger partial charge in [-0.05, 0) is 52.5 Å². The summed E-state index contributed by atoms with van der Waals surface area (Å²) in [5.74, 6) is 0. The zero-order valence-electron chi connectivity index (χ0n) is 19.4. The average molecular weight is 440 g/mol. The lowest BCUT2D eigenvalue weighted by Crippen LogP contribution is -2.57. The number of rotatable bonds is 7. The maximum atomic E-state index is 12.6. The second kappa shape index (κ2) is 10.0. The van der Waals surface area contributed by atoms with E-state index in [-0.39, 0.29) is 12.1 Å². The Kier molecular flexibility index (Phi) is 7.60. The van der Waals surface area contributed by atoms with Gasteiger partial charge in [-0.3, -0.25) is 0 Å². The molecule has 4 nitrogen and oxygen atoms in total. The third-order valence-corrected chi connectivity index (χ3v) is 10.8. The lowest BCUT2D eigenvalue weighted by Gasteiger charge is -2.32. The second-order valence-corrected chi connectivity index (χ2v) is 14.2. The van der Waals surface area contributed by atoms with Crippen LogP contribution in [0.4, 0.5) is 4.79 Å². The van der Waals surface area contributed by atoms with Crippen LogP contribution in [0.2, 0.25) is 12.6 Å². The van der Waals surface area contributed by atoms with Crippen molar-refractivity contribution in [2.75, 3.05) is 6.54 Å². The van der Waals surface area contributed by atoms with Gasteiger partial charge in [0.25, 0.3) is 0 Å². The summed E-state index contributed by atoms with van der Waals surface area (Å²) in [6.07, 6.45) is 2.88. The van der Waals surface area contributed by atoms with Crippen molar-refractivity contribution >= 4 is 24.5 Å². The zero-order valence-corrected chi connectivity index (χ0v) is 20.4. The van der Waals surface area contributed by atoms with E-state index in [1.54, 1.807) is 0 Å². The van der Waals surface area contributed by atoms with Crippen molar-refractivity contribution in [3.8, 4) is 0 Å². The van der Waals surface area contributed by atoms with Crippen LogP contribution in [0.15, 0.2) is 60.7 Å². The highest BCUT2D eigenvalue weighted by atomic mass is 28.3. The summed E-state index contributed by atoms with van der Waals surface area (Å²) in [4.78, 5) is 14.4. The normalized spacial score (nSPS) is 18.1. The lowest BCUT2D eigenvalue weighted by atomic mass is 10.1. The molecule has 1 aliphatic rings. The molecule has 0 spiro atoms. The maximum absolute atomic E-state index is 12.6. The molecule has 5 heteroatoms. The summed E-state index contributed by atoms with van der Waals surface area (Å²) in [5.41, 5.74) is -0.484. The van der Waals surface area contributed by atoms with Crippen LogP contribution in [0.1, 0.15) is 46.5 Å². The quantitative estimate of drug-likeness (QED) is 0.650. The molecule has 1 N–H and O–H groups in total. The van der Waals surface area contributed by atoms with Gasteiger partial charge in [0.1, 0.15) is 13.7 Å². The number of aliphatic hydroxyl groups is 1. The molecule has 2 atom stereocenters. The molecule has 0 bridgehead atoms. The monoisotopic (exact) mass is 439 g/mol. The van der Waals surface area contributed by atoms with Crippen LogP contribution in [0, 0.1) is 0 Å². The van der Waals surface area contributed by atoms with Gasteiger partial charge in [-0.1, -0.05) is 77.6 Å². The summed E-state index contributed by atoms with van der Waals surface area (Å²) >= 11 is 0. The Morgan fingerprint density at radius 1 is 1.10 bits per heavy atom. The van der Waals surface area contributed by atoms with E-state index in [0.717, 1.165) is 31.9 Å². The Bertz CT molecular complexity index is 795. The summed E-state index contributed by atoms with van der Waals surface area (Å²) < 4.78 is 5.59. The minimum atomic E-state index is -2.07. The molecule has 1 unspecified atom stereocenters. The van der Waals surface area contributed by atoms with E-state index in [4.69, 9.17) is 4.74 Å². The van der Waals surface area contributed by atoms with E-state index in [1.807, 2.05) is 37.8 Å². The van der Waals surface area contributed by atoms with E-state index >= 15 is 0 Å². The number of hydrogen-bond donors (Lipinski definition) is 1. The predicted octanol–water partition coefficient (Wildman–Crippen LogP) is 4.42. The molecule has 0 aliphatic carbocycles. The zero-order chi connectivity index (χ0) is 22.5. The molecule has 1 amide bonds. The fourth-order valence-corrected chi connectivity index (χ4v) is 8.48. The molecule has 2 aromatic rings. The molecule has 0 aromatic heterocycles. The number of carbonyl (C=O) groups is 1. The Morgan fingerprint density at radius 2 is 1.65 bits per heavy atom. The average Bonchev–Trinajstić information content (AvgIpc) is 3.21. The first kappa shape index (κ1) is 23.5. The Morgan fingerprint density at radius 3 is 2.16 bits per heavy atom. The van der Waals surface area contributed by atoms with Gasteiger partial charge in [0, 0.05) is 12.6 Å². The van der Waals surface area contributed by atoms with Crippen LogP contribution in [0.3, 0.4) is 0 Å². The first-order valence-corrected chi connectivity index (χ1v) is 14.2. The van der Waals surface area contributed by atoms with Crippen LogP contribution >= 0.6 is 0 Å². The second-order valence-electron chi connectivity index (χ2n) is 9.97. The fourth-order valence-electron chi connectivity index (χ4n) is 4.67. The van der Waals surface area contributed by atoms with Crippen molar-refractivity contribution in [3.63, 3.8) is 0 Å². The van der Waals surface area contributed by atoms with E-state index < -0.39 is 19.8 Å². The van der Waals surface area contributed by atoms with Crippen molar-refractivity contribution in [2.24, 2.45) is 0 Å². The van der Waals surface area contributed by atoms with Crippen molar-refractivity contribution in [1.29, 1.82) is 0 Å². The van der Waals surface area contributed by atoms with Gasteiger partial charge in [0.05, 0.1) is 6.10 Å². The number of likely N-dealkylation sites (tertiary alicyclic amines) is 1. The first-order chi connectivity index (χ1) is 14.7. The Hall–Kier alpha value is -2.11. The summed E-state index contributed by atoms with van der Waals surface area (Å²) in [5, 5.41) is 13.8. The summed E-state index contributed by atoms with van der Waals surface area (Å²) in [7, 11) is -2.07. The molecule has 31 heavy (non-hydrogen) atoms. The van der Waals surface area contributed by atoms with Crippen molar-refractivity contribution in [1.82, 2.24) is 4.90 Å². The Labute approximate surface area is 188 Å². The molecular formula is C26H37NO3Si. The molecule has 1 heterocycles. The molecule has 1 saturated heterocycles. The van der Waals surface area contributed by atoms with Crippen LogP contribution in [-0.4, -0.2) is 48.5 Å². The minimum absolute atomic E-state index is 0.158. The summed E-state index contributed by atoms with van der Waals surface area (Å²) in [6.45, 7) is 8.80. The number of ether oxygens (including phenoxy) is 1. The van der Waals surface area contributed by atoms with Crippen LogP contribution in [0.5, 0.6) is 0 Å². The number of benzene rings is 2. The van der Waals surface area contributed by atoms with Gasteiger partial charge in [-0.15, -0.1) is 0 Å². The van der Waals surface area contributed by atoms with Crippen LogP contribution in [0.25, 0.3) is 0 Å². The predicted molar refractivity (Wildman–Crippen MR) is 130 cm³/mol. The molecule has 3 rings (SSSR count). The van der Waals surface area contributed by atoms with Gasteiger partial charge in [-0.2, -0.15) is 0 Å². The molecule has 168 valence electrons. The number of hydrogen-bond acceptors (Lipinski definition) is 3. The molecule has 1 fully saturated rings. The Balaban J connectivity index is 1.66. The number of aliphatic hydroxyl groups excluding tert-OH is 1. The van der Waals surface area contributed by atoms with Crippen LogP contribution < -0.4 is 10.4 Å². The molecular weight excluding hydrogens is 402 g/mol. The molecule has 0 saturated carbocycles. The van der Waals surface area contributed by atoms with Crippen molar-refractivity contribution < 1.29 is 14.6 Å². The van der Waals surface area contributed by atoms with E-state index in [9.17, 15) is 9.90 Å². The fraction of sp³-hybridized carbons (Fsp3) is 0.500. The highest BCUT2D eigenvalue weighted by molar-refractivity contribution is 7.01. The highest BCUT2D eigenvalue weighted by Gasteiger charge is 2.36. The third kappa shape index (κ3) is 6.20. The number of nitrogens with zero attached hydrogens (tertiary/aromatic N) is 1. The van der Waals surface area contributed by atoms with Crippen molar-refractivity contribution in [3.05, 3.63) is 60.7 Å². The first-order valence-electron chi connectivity index (χ1n) is 11.5. The van der Waals surface area contributed by atoms with Crippen molar-refractivity contribution in [2.45, 2.75) is 76.8 Å². The largest absolute Gasteiger partial charge is 0.444 e. The topological polar surface area (TPSA) is 49.8 Å². The van der Waals surface area contributed by atoms with Gasteiger partial charge in [0.2, 0.25) is 0 Å². The standard InChI is InChI=1S/C26H37NO3Si/c1-26(2,3)30-25(29)27-19-11-12-21(27)17-18-22(28)20-31(4,23-13-7-5-8-14-23)24-15-9-6-10-16-24/h5-10,13-16,21-22,28H,11-12,17-20H2,1-4H3/t21-,22?/m0/s1. The summed E-state index contributed by atoms with van der Waals surface area (Å²) in [6, 6.07) is 22.2. The van der Waals surface area contributed by atoms with E-state index in [1.165, 1.54) is 10.4 Å². The number of carbonyl (C=O) groups excluding carboxylic acids is 1. The van der Waals surface area contributed by atoms with Gasteiger partial charge in [-0.25, -0.2) is 4.79 Å². The van der Waals surface area contributed by atoms with Gasteiger partial charge >= 0.3 is 6.09 Å². The van der Waals surface area contributed by atoms with Crippen LogP contribution in [-0.2, 0) is 4.74 Å². The van der Waals surface area contributed by atoms with Gasteiger partial charge < -0.3 is 14.7 Å². The highest BCUT2D eigenvalue weighted by Crippen LogP contribution is 2.26. The molecule has 2 aromatic carbocycles. The lowest BCUT2D eigenvalue weighted by molar-refractivity contribution is 0.0209. The molecule has 0 radical (unpaired) electrons.